The molecule has 0 N–H and O–H groups in total. The molecule has 0 aromatic heterocycles. The normalized spacial score (nSPS) is 12.1. The summed E-state index contributed by atoms with van der Waals surface area (Å²) in [5.74, 6) is -0.741. The second-order valence-corrected chi connectivity index (χ2v) is 3.15. The van der Waals surface area contributed by atoms with Crippen LogP contribution >= 0.6 is 0 Å². The molecule has 0 aliphatic heterocycles. The molecular weight excluding hydrogens is 182 g/mol. The summed E-state index contributed by atoms with van der Waals surface area (Å²) >= 11 is 0. The predicted octanol–water partition coefficient (Wildman–Crippen LogP) is 1.78. The van der Waals surface area contributed by atoms with E-state index in [1.54, 1.807) is 37.3 Å². The van der Waals surface area contributed by atoms with Gasteiger partial charge in [0.05, 0.1) is 5.92 Å². The van der Waals surface area contributed by atoms with Gasteiger partial charge in [-0.25, -0.2) is 0 Å². The van der Waals surface area contributed by atoms with Crippen molar-refractivity contribution in [3.63, 3.8) is 0 Å². The Morgan fingerprint density at radius 3 is 2.50 bits per heavy atom. The molecule has 74 valence electrons. The Bertz CT molecular complexity index is 334. The molecule has 0 aliphatic carbocycles. The number of hydrogen-bond donors (Lipinski definition) is 0. The number of rotatable bonds is 4. The molecule has 0 aliphatic rings. The summed E-state index contributed by atoms with van der Waals surface area (Å²) in [4.78, 5) is 21.3. The number of nitrogens with zero attached hydrogens (tertiary/aromatic N) is 1. The Labute approximate surface area is 81.7 Å². The largest absolute Gasteiger partial charge is 0.294 e. The fraction of sp³-hybridized carbons (Fsp3) is 0.300. The molecule has 0 radical (unpaired) electrons. The highest BCUT2D eigenvalue weighted by Crippen LogP contribution is 2.08. The van der Waals surface area contributed by atoms with Gasteiger partial charge in [0.2, 0.25) is 6.54 Å². The second kappa shape index (κ2) is 4.50. The summed E-state index contributed by atoms with van der Waals surface area (Å²) in [6.07, 6.45) is 0. The predicted molar refractivity (Wildman–Crippen MR) is 51.8 cm³/mol. The fourth-order valence-electron chi connectivity index (χ4n) is 1.19. The molecule has 0 heterocycles. The summed E-state index contributed by atoms with van der Waals surface area (Å²) in [7, 11) is 0. The molecule has 1 aromatic rings. The highest BCUT2D eigenvalue weighted by Gasteiger charge is 2.19. The molecular formula is C10H11NO3. The van der Waals surface area contributed by atoms with Crippen LogP contribution in [-0.4, -0.2) is 17.3 Å². The maximum absolute atomic E-state index is 11.6. The van der Waals surface area contributed by atoms with Crippen molar-refractivity contribution in [2.24, 2.45) is 5.92 Å². The van der Waals surface area contributed by atoms with Crippen LogP contribution < -0.4 is 0 Å². The van der Waals surface area contributed by atoms with Crippen LogP contribution in [0.5, 0.6) is 0 Å². The van der Waals surface area contributed by atoms with Crippen LogP contribution in [0.15, 0.2) is 30.3 Å². The molecule has 1 aromatic carbocycles. The first kappa shape index (κ1) is 10.4. The third kappa shape index (κ3) is 2.65. The van der Waals surface area contributed by atoms with Gasteiger partial charge in [-0.05, 0) is 6.92 Å². The first-order valence-electron chi connectivity index (χ1n) is 4.32. The van der Waals surface area contributed by atoms with E-state index >= 15 is 0 Å². The van der Waals surface area contributed by atoms with Gasteiger partial charge in [0, 0.05) is 10.5 Å². The molecule has 0 saturated heterocycles. The number of ketones is 1. The third-order valence-electron chi connectivity index (χ3n) is 1.93. The fourth-order valence-corrected chi connectivity index (χ4v) is 1.19. The zero-order chi connectivity index (χ0) is 10.6. The number of hydrogen-bond acceptors (Lipinski definition) is 3. The van der Waals surface area contributed by atoms with Crippen molar-refractivity contribution in [2.75, 3.05) is 6.54 Å². The number of carbonyl (C=O) groups excluding carboxylic acids is 1. The lowest BCUT2D eigenvalue weighted by molar-refractivity contribution is -0.484. The van der Waals surface area contributed by atoms with E-state index in [0.717, 1.165) is 0 Å². The van der Waals surface area contributed by atoms with Crippen LogP contribution in [0.3, 0.4) is 0 Å². The molecule has 4 heteroatoms. The number of Topliss-reactive ketones (excluding diaryl/α,β-unsaturated/α-hetero) is 1. The van der Waals surface area contributed by atoms with Gasteiger partial charge < -0.3 is 0 Å². The van der Waals surface area contributed by atoms with Gasteiger partial charge in [0.25, 0.3) is 0 Å². The van der Waals surface area contributed by atoms with Crippen LogP contribution in [-0.2, 0) is 0 Å². The maximum Gasteiger partial charge on any atom is 0.213 e. The molecule has 0 spiro atoms. The van der Waals surface area contributed by atoms with Crippen molar-refractivity contribution in [2.45, 2.75) is 6.92 Å². The summed E-state index contributed by atoms with van der Waals surface area (Å²) in [5.41, 5.74) is 0.529. The average Bonchev–Trinajstić information content (AvgIpc) is 2.17. The molecule has 4 nitrogen and oxygen atoms in total. The summed E-state index contributed by atoms with van der Waals surface area (Å²) in [6, 6.07) is 8.62. The minimum Gasteiger partial charge on any atom is -0.294 e. The number of carbonyl (C=O) groups is 1. The summed E-state index contributed by atoms with van der Waals surface area (Å²) < 4.78 is 0. The summed E-state index contributed by atoms with van der Waals surface area (Å²) in [5, 5.41) is 10.2. The maximum atomic E-state index is 11.6. The molecule has 1 unspecified atom stereocenters. The Morgan fingerprint density at radius 2 is 2.00 bits per heavy atom. The van der Waals surface area contributed by atoms with E-state index in [2.05, 4.69) is 0 Å². The standard InChI is InChI=1S/C10H11NO3/c1-8(7-11(13)14)10(12)9-5-3-2-4-6-9/h2-6,8H,7H2,1H3. The zero-order valence-electron chi connectivity index (χ0n) is 7.84. The quantitative estimate of drug-likeness (QED) is 0.416. The minimum absolute atomic E-state index is 0.178. The first-order valence-corrected chi connectivity index (χ1v) is 4.32. The van der Waals surface area contributed by atoms with E-state index in [9.17, 15) is 14.9 Å². The topological polar surface area (TPSA) is 60.2 Å². The number of nitro groups is 1. The Kier molecular flexibility index (Phi) is 3.34. The van der Waals surface area contributed by atoms with Gasteiger partial charge in [0.1, 0.15) is 0 Å². The van der Waals surface area contributed by atoms with Gasteiger partial charge in [-0.15, -0.1) is 0 Å². The van der Waals surface area contributed by atoms with Gasteiger partial charge in [-0.1, -0.05) is 30.3 Å². The second-order valence-electron chi connectivity index (χ2n) is 3.15. The zero-order valence-corrected chi connectivity index (χ0v) is 7.84. The molecule has 0 fully saturated rings. The van der Waals surface area contributed by atoms with Gasteiger partial charge in [0.15, 0.2) is 5.78 Å². The lowest BCUT2D eigenvalue weighted by Gasteiger charge is -2.04. The van der Waals surface area contributed by atoms with Crippen LogP contribution in [0.4, 0.5) is 0 Å². The van der Waals surface area contributed by atoms with Gasteiger partial charge >= 0.3 is 0 Å². The van der Waals surface area contributed by atoms with Gasteiger partial charge in [-0.3, -0.25) is 14.9 Å². The Morgan fingerprint density at radius 1 is 1.43 bits per heavy atom. The van der Waals surface area contributed by atoms with Crippen molar-refractivity contribution in [1.29, 1.82) is 0 Å². The van der Waals surface area contributed by atoms with Gasteiger partial charge in [-0.2, -0.15) is 0 Å². The lowest BCUT2D eigenvalue weighted by atomic mass is 10.00. The van der Waals surface area contributed by atoms with E-state index < -0.39 is 10.8 Å². The highest BCUT2D eigenvalue weighted by molar-refractivity contribution is 5.97. The van der Waals surface area contributed by atoms with E-state index in [1.807, 2.05) is 0 Å². The van der Waals surface area contributed by atoms with Crippen molar-refractivity contribution in [1.82, 2.24) is 0 Å². The lowest BCUT2D eigenvalue weighted by Crippen LogP contribution is -2.20. The van der Waals surface area contributed by atoms with E-state index in [4.69, 9.17) is 0 Å². The smallest absolute Gasteiger partial charge is 0.213 e. The minimum atomic E-state index is -0.563. The van der Waals surface area contributed by atoms with Crippen LogP contribution in [0.1, 0.15) is 17.3 Å². The van der Waals surface area contributed by atoms with Crippen LogP contribution in [0, 0.1) is 16.0 Å². The van der Waals surface area contributed by atoms with E-state index in [1.165, 1.54) is 0 Å². The molecule has 1 atom stereocenters. The molecule has 0 bridgehead atoms. The van der Waals surface area contributed by atoms with Crippen molar-refractivity contribution < 1.29 is 9.72 Å². The molecule has 1 rings (SSSR count). The summed E-state index contributed by atoms with van der Waals surface area (Å²) in [6.45, 7) is 1.26. The monoisotopic (exact) mass is 193 g/mol. The van der Waals surface area contributed by atoms with Crippen LogP contribution in [0.2, 0.25) is 0 Å². The molecule has 0 saturated carbocycles. The average molecular weight is 193 g/mol. The number of benzene rings is 1. The van der Waals surface area contributed by atoms with Crippen LogP contribution in [0.25, 0.3) is 0 Å². The molecule has 14 heavy (non-hydrogen) atoms. The van der Waals surface area contributed by atoms with Crippen molar-refractivity contribution in [3.8, 4) is 0 Å². The van der Waals surface area contributed by atoms with E-state index in [-0.39, 0.29) is 12.3 Å². The van der Waals surface area contributed by atoms with Crippen molar-refractivity contribution in [3.05, 3.63) is 46.0 Å². The Hall–Kier alpha value is -1.71. The SMILES string of the molecule is CC(C[N+](=O)[O-])C(=O)c1ccccc1. The molecule has 0 amide bonds. The Balaban J connectivity index is 2.71. The highest BCUT2D eigenvalue weighted by atomic mass is 16.6. The van der Waals surface area contributed by atoms with E-state index in [0.29, 0.717) is 5.56 Å². The third-order valence-corrected chi connectivity index (χ3v) is 1.93. The van der Waals surface area contributed by atoms with Crippen molar-refractivity contribution >= 4 is 5.78 Å². The first-order chi connectivity index (χ1) is 6.61.